The fraction of sp³-hybridized carbons (Fsp3) is 0.154. The number of nitrogens with zero attached hydrogens (tertiary/aromatic N) is 1. The van der Waals surface area contributed by atoms with Crippen molar-refractivity contribution in [2.24, 2.45) is 0 Å². The molecule has 178 valence electrons. The van der Waals surface area contributed by atoms with Gasteiger partial charge < -0.3 is 4.74 Å². The monoisotopic (exact) mass is 527 g/mol. The summed E-state index contributed by atoms with van der Waals surface area (Å²) < 4.78 is 5.10. The normalized spacial score (nSPS) is 15.4. The Morgan fingerprint density at radius 1 is 0.943 bits per heavy atom. The average Bonchev–Trinajstić information content (AvgIpc) is 3.13. The van der Waals surface area contributed by atoms with Crippen molar-refractivity contribution in [2.45, 2.75) is 23.5 Å². The van der Waals surface area contributed by atoms with Gasteiger partial charge in [0.15, 0.2) is 12.4 Å². The molecular weight excluding hydrogens is 509 g/mol. The van der Waals surface area contributed by atoms with Gasteiger partial charge in [-0.15, -0.1) is 11.8 Å². The van der Waals surface area contributed by atoms with E-state index >= 15 is 0 Å². The number of amides is 2. The number of rotatable bonds is 7. The van der Waals surface area contributed by atoms with Gasteiger partial charge in [-0.1, -0.05) is 40.9 Å². The molecule has 1 saturated heterocycles. The minimum absolute atomic E-state index is 0.0952. The SMILES string of the molecule is Cc1ccc(SC2CC(=O)N(c3ccc(C(=O)OCC(=O)c4ccc(Cl)c(Cl)c4)cc3)C2=O)cc1. The van der Waals surface area contributed by atoms with Crippen molar-refractivity contribution >= 4 is 64.2 Å². The van der Waals surface area contributed by atoms with Gasteiger partial charge in [0.1, 0.15) is 0 Å². The zero-order chi connectivity index (χ0) is 25.1. The predicted octanol–water partition coefficient (Wildman–Crippen LogP) is 5.77. The van der Waals surface area contributed by atoms with Crippen LogP contribution in [0, 0.1) is 6.92 Å². The number of ether oxygens (including phenoxy) is 1. The van der Waals surface area contributed by atoms with Crippen molar-refractivity contribution in [3.8, 4) is 0 Å². The lowest BCUT2D eigenvalue weighted by Crippen LogP contribution is -2.31. The Kier molecular flexibility index (Phi) is 7.60. The van der Waals surface area contributed by atoms with E-state index in [9.17, 15) is 19.2 Å². The smallest absolute Gasteiger partial charge is 0.338 e. The summed E-state index contributed by atoms with van der Waals surface area (Å²) in [5.74, 6) is -1.75. The number of Topliss-reactive ketones (excluding diaryl/α,β-unsaturated/α-hetero) is 1. The maximum absolute atomic E-state index is 12.9. The fourth-order valence-electron chi connectivity index (χ4n) is 3.46. The number of halogens is 2. The summed E-state index contributed by atoms with van der Waals surface area (Å²) in [7, 11) is 0. The number of ketones is 1. The summed E-state index contributed by atoms with van der Waals surface area (Å²) in [6.07, 6.45) is 0.0952. The van der Waals surface area contributed by atoms with Gasteiger partial charge in [0.25, 0.3) is 0 Å². The fourth-order valence-corrected chi connectivity index (χ4v) is 4.81. The first-order valence-electron chi connectivity index (χ1n) is 10.6. The molecule has 0 aliphatic carbocycles. The second-order valence-corrected chi connectivity index (χ2v) is 9.96. The van der Waals surface area contributed by atoms with Crippen molar-refractivity contribution in [1.29, 1.82) is 0 Å². The first-order valence-corrected chi connectivity index (χ1v) is 12.2. The summed E-state index contributed by atoms with van der Waals surface area (Å²) in [5, 5.41) is 0.0301. The van der Waals surface area contributed by atoms with E-state index < -0.39 is 23.6 Å². The summed E-state index contributed by atoms with van der Waals surface area (Å²) in [6, 6.07) is 18.1. The third-order valence-corrected chi connectivity index (χ3v) is 7.28. The molecule has 0 N–H and O–H groups in total. The third kappa shape index (κ3) is 5.75. The number of hydrogen-bond donors (Lipinski definition) is 0. The topological polar surface area (TPSA) is 80.8 Å². The van der Waals surface area contributed by atoms with Crippen molar-refractivity contribution in [3.05, 3.63) is 93.5 Å². The van der Waals surface area contributed by atoms with Crippen LogP contribution in [-0.2, 0) is 14.3 Å². The number of carbonyl (C=O) groups is 4. The highest BCUT2D eigenvalue weighted by molar-refractivity contribution is 8.00. The molecule has 1 aliphatic heterocycles. The van der Waals surface area contributed by atoms with Gasteiger partial charge in [0.05, 0.1) is 26.5 Å². The number of aryl methyl sites for hydroxylation is 1. The van der Waals surface area contributed by atoms with Crippen LogP contribution in [0.15, 0.2) is 71.6 Å². The number of carbonyl (C=O) groups excluding carboxylic acids is 4. The molecular formula is C26H19Cl2NO5S. The summed E-state index contributed by atoms with van der Waals surface area (Å²) in [4.78, 5) is 52.1. The Hall–Kier alpha value is -3.13. The Bertz CT molecular complexity index is 1310. The summed E-state index contributed by atoms with van der Waals surface area (Å²) >= 11 is 13.1. The van der Waals surface area contributed by atoms with E-state index in [1.807, 2.05) is 31.2 Å². The predicted molar refractivity (Wildman–Crippen MR) is 135 cm³/mol. The Morgan fingerprint density at radius 3 is 2.26 bits per heavy atom. The standard InChI is InChI=1S/C26H19Cl2NO5S/c1-15-2-9-19(10-3-15)35-23-13-24(31)29(25(23)32)18-7-4-16(5-8-18)26(33)34-14-22(30)17-6-11-20(27)21(28)12-17/h2-12,23H,13-14H2,1H3. The second-order valence-electron chi connectivity index (χ2n) is 7.87. The van der Waals surface area contributed by atoms with Gasteiger partial charge in [0, 0.05) is 16.9 Å². The molecule has 2 amide bonds. The molecule has 1 heterocycles. The van der Waals surface area contributed by atoms with Crippen LogP contribution < -0.4 is 4.90 Å². The lowest BCUT2D eigenvalue weighted by atomic mass is 10.1. The molecule has 0 saturated carbocycles. The molecule has 1 atom stereocenters. The molecule has 0 spiro atoms. The Morgan fingerprint density at radius 2 is 1.60 bits per heavy atom. The minimum atomic E-state index is -0.711. The Labute approximate surface area is 216 Å². The van der Waals surface area contributed by atoms with Crippen molar-refractivity contribution in [3.63, 3.8) is 0 Å². The number of thioether (sulfide) groups is 1. The molecule has 1 fully saturated rings. The van der Waals surface area contributed by atoms with Crippen LogP contribution in [0.5, 0.6) is 0 Å². The number of hydrogen-bond acceptors (Lipinski definition) is 6. The highest BCUT2D eigenvalue weighted by atomic mass is 35.5. The largest absolute Gasteiger partial charge is 0.454 e. The van der Waals surface area contributed by atoms with Crippen LogP contribution in [0.25, 0.3) is 0 Å². The van der Waals surface area contributed by atoms with Crippen LogP contribution in [0.4, 0.5) is 5.69 Å². The maximum Gasteiger partial charge on any atom is 0.338 e. The molecule has 4 rings (SSSR count). The van der Waals surface area contributed by atoms with Gasteiger partial charge in [-0.3, -0.25) is 14.4 Å². The first-order chi connectivity index (χ1) is 16.7. The highest BCUT2D eigenvalue weighted by Crippen LogP contribution is 2.34. The molecule has 6 nitrogen and oxygen atoms in total. The first kappa shape index (κ1) is 25.0. The quantitative estimate of drug-likeness (QED) is 0.220. The summed E-state index contributed by atoms with van der Waals surface area (Å²) in [5.41, 5.74) is 1.93. The molecule has 0 aromatic heterocycles. The van der Waals surface area contributed by atoms with Crippen molar-refractivity contribution < 1.29 is 23.9 Å². The van der Waals surface area contributed by atoms with Crippen molar-refractivity contribution in [1.82, 2.24) is 0 Å². The van der Waals surface area contributed by atoms with E-state index in [1.165, 1.54) is 54.2 Å². The van der Waals surface area contributed by atoms with Crippen LogP contribution in [0.3, 0.4) is 0 Å². The highest BCUT2D eigenvalue weighted by Gasteiger charge is 2.40. The Balaban J connectivity index is 1.37. The van der Waals surface area contributed by atoms with E-state index in [4.69, 9.17) is 27.9 Å². The van der Waals surface area contributed by atoms with Crippen molar-refractivity contribution in [2.75, 3.05) is 11.5 Å². The molecule has 0 radical (unpaired) electrons. The van der Waals surface area contributed by atoms with Gasteiger partial charge in [-0.05, 0) is 61.5 Å². The molecule has 3 aromatic rings. The van der Waals surface area contributed by atoms with E-state index in [-0.39, 0.29) is 34.4 Å². The zero-order valence-corrected chi connectivity index (χ0v) is 20.8. The zero-order valence-electron chi connectivity index (χ0n) is 18.5. The number of benzene rings is 3. The number of esters is 1. The van der Waals surface area contributed by atoms with Gasteiger partial charge >= 0.3 is 5.97 Å². The molecule has 1 aliphatic rings. The van der Waals surface area contributed by atoms with Crippen LogP contribution in [0.1, 0.15) is 32.7 Å². The number of imide groups is 1. The second kappa shape index (κ2) is 10.6. The summed E-state index contributed by atoms with van der Waals surface area (Å²) in [6.45, 7) is 1.51. The van der Waals surface area contributed by atoms with Crippen LogP contribution in [-0.4, -0.2) is 35.4 Å². The van der Waals surface area contributed by atoms with E-state index in [0.717, 1.165) is 15.4 Å². The van der Waals surface area contributed by atoms with Crippen LogP contribution >= 0.6 is 35.0 Å². The van der Waals surface area contributed by atoms with Gasteiger partial charge in [-0.25, -0.2) is 9.69 Å². The van der Waals surface area contributed by atoms with Crippen LogP contribution in [0.2, 0.25) is 10.0 Å². The van der Waals surface area contributed by atoms with Gasteiger partial charge in [0.2, 0.25) is 11.8 Å². The van der Waals surface area contributed by atoms with Gasteiger partial charge in [-0.2, -0.15) is 0 Å². The third-order valence-electron chi connectivity index (χ3n) is 5.34. The molecule has 9 heteroatoms. The molecule has 3 aromatic carbocycles. The maximum atomic E-state index is 12.9. The molecule has 0 bridgehead atoms. The molecule has 35 heavy (non-hydrogen) atoms. The number of anilines is 1. The minimum Gasteiger partial charge on any atom is -0.454 e. The lowest BCUT2D eigenvalue weighted by Gasteiger charge is -2.15. The molecule has 1 unspecified atom stereocenters. The van der Waals surface area contributed by atoms with E-state index in [2.05, 4.69) is 0 Å². The average molecular weight is 528 g/mol. The lowest BCUT2D eigenvalue weighted by molar-refractivity contribution is -0.121. The van der Waals surface area contributed by atoms with E-state index in [1.54, 1.807) is 0 Å². The van der Waals surface area contributed by atoms with E-state index in [0.29, 0.717) is 10.7 Å².